The summed E-state index contributed by atoms with van der Waals surface area (Å²) in [6.07, 6.45) is -1.13. The van der Waals surface area contributed by atoms with Crippen molar-refractivity contribution in [1.29, 1.82) is 0 Å². The molecule has 1 atom stereocenters. The molecule has 0 bridgehead atoms. The van der Waals surface area contributed by atoms with Gasteiger partial charge < -0.3 is 20.5 Å². The number of carbonyl (C=O) groups is 1. The molecule has 1 aliphatic carbocycles. The maximum absolute atomic E-state index is 13.2. The smallest absolute Gasteiger partial charge is 0.408 e. The minimum atomic E-state index is -2.76. The number of carbonyl (C=O) groups excluding carboxylic acids is 1. The highest BCUT2D eigenvalue weighted by Crippen LogP contribution is 2.51. The standard InChI is InChI=1S/C13H22F2N2O3/c1-10(2,3)20-9(18)17-12(4-5-19-8-12)11(16)6-13(14,15)7-11/h4-8,16H2,1-3H3,(H,17,18). The Morgan fingerprint density at radius 2 is 1.95 bits per heavy atom. The molecule has 0 aromatic carbocycles. The summed E-state index contributed by atoms with van der Waals surface area (Å²) in [6, 6.07) is 0. The molecule has 1 aliphatic heterocycles. The molecule has 1 unspecified atom stereocenters. The van der Waals surface area contributed by atoms with Crippen LogP contribution >= 0.6 is 0 Å². The molecule has 7 heteroatoms. The van der Waals surface area contributed by atoms with Crippen LogP contribution in [0.1, 0.15) is 40.0 Å². The summed E-state index contributed by atoms with van der Waals surface area (Å²) in [5.74, 6) is -2.76. The largest absolute Gasteiger partial charge is 0.444 e. The minimum Gasteiger partial charge on any atom is -0.444 e. The summed E-state index contributed by atoms with van der Waals surface area (Å²) in [6.45, 7) is 5.74. The predicted octanol–water partition coefficient (Wildman–Crippen LogP) is 1.80. The van der Waals surface area contributed by atoms with Crippen LogP contribution in [0.4, 0.5) is 13.6 Å². The fourth-order valence-electron chi connectivity index (χ4n) is 2.89. The Labute approximate surface area is 117 Å². The number of rotatable bonds is 2. The highest BCUT2D eigenvalue weighted by molar-refractivity contribution is 5.69. The van der Waals surface area contributed by atoms with E-state index < -0.39 is 41.5 Å². The van der Waals surface area contributed by atoms with Crippen molar-refractivity contribution in [3.05, 3.63) is 0 Å². The van der Waals surface area contributed by atoms with Crippen molar-refractivity contribution >= 4 is 6.09 Å². The molecule has 1 saturated carbocycles. The van der Waals surface area contributed by atoms with Crippen LogP contribution in [0.25, 0.3) is 0 Å². The fraction of sp³-hybridized carbons (Fsp3) is 0.923. The second-order valence-corrected chi connectivity index (χ2v) is 6.88. The number of alkyl carbamates (subject to hydrolysis) is 1. The van der Waals surface area contributed by atoms with E-state index in [1.165, 1.54) is 0 Å². The first-order valence-electron chi connectivity index (χ1n) is 6.73. The summed E-state index contributed by atoms with van der Waals surface area (Å²) < 4.78 is 36.9. The van der Waals surface area contributed by atoms with E-state index in [0.717, 1.165) is 0 Å². The molecule has 1 saturated heterocycles. The Morgan fingerprint density at radius 3 is 2.35 bits per heavy atom. The van der Waals surface area contributed by atoms with Gasteiger partial charge in [-0.05, 0) is 27.2 Å². The normalized spacial score (nSPS) is 31.5. The van der Waals surface area contributed by atoms with Gasteiger partial charge in [-0.1, -0.05) is 0 Å². The number of amides is 1. The topological polar surface area (TPSA) is 73.6 Å². The summed E-state index contributed by atoms with van der Waals surface area (Å²) in [5, 5.41) is 2.68. The van der Waals surface area contributed by atoms with Gasteiger partial charge in [0.1, 0.15) is 5.60 Å². The molecule has 0 radical (unpaired) electrons. The highest BCUT2D eigenvalue weighted by atomic mass is 19.3. The quantitative estimate of drug-likeness (QED) is 0.814. The molecule has 0 aromatic rings. The minimum absolute atomic E-state index is 0.138. The maximum atomic E-state index is 13.2. The zero-order valence-electron chi connectivity index (χ0n) is 12.1. The van der Waals surface area contributed by atoms with Crippen LogP contribution < -0.4 is 11.1 Å². The molecule has 5 nitrogen and oxygen atoms in total. The molecule has 0 spiro atoms. The van der Waals surface area contributed by atoms with Gasteiger partial charge in [0.15, 0.2) is 0 Å². The van der Waals surface area contributed by atoms with Gasteiger partial charge >= 0.3 is 6.09 Å². The van der Waals surface area contributed by atoms with E-state index in [0.29, 0.717) is 13.0 Å². The number of hydrogen-bond donors (Lipinski definition) is 2. The predicted molar refractivity (Wildman–Crippen MR) is 68.6 cm³/mol. The van der Waals surface area contributed by atoms with Crippen molar-refractivity contribution in [1.82, 2.24) is 5.32 Å². The Bertz CT molecular complexity index is 393. The molecule has 2 rings (SSSR count). The number of hydrogen-bond acceptors (Lipinski definition) is 4. The first-order valence-corrected chi connectivity index (χ1v) is 6.73. The third-order valence-electron chi connectivity index (χ3n) is 3.86. The zero-order chi connectivity index (χ0) is 15.2. The Hall–Kier alpha value is -0.950. The van der Waals surface area contributed by atoms with E-state index in [1.807, 2.05) is 0 Å². The fourth-order valence-corrected chi connectivity index (χ4v) is 2.89. The average Bonchev–Trinajstić information content (AvgIpc) is 2.60. The maximum Gasteiger partial charge on any atom is 0.408 e. The van der Waals surface area contributed by atoms with Crippen LogP contribution in [0.3, 0.4) is 0 Å². The van der Waals surface area contributed by atoms with E-state index in [-0.39, 0.29) is 6.61 Å². The van der Waals surface area contributed by atoms with Crippen molar-refractivity contribution in [2.45, 2.75) is 62.6 Å². The third-order valence-corrected chi connectivity index (χ3v) is 3.86. The molecule has 2 fully saturated rings. The number of ether oxygens (including phenoxy) is 2. The average molecular weight is 292 g/mol. The van der Waals surface area contributed by atoms with Gasteiger partial charge in [0.2, 0.25) is 0 Å². The van der Waals surface area contributed by atoms with Crippen LogP contribution in [0.15, 0.2) is 0 Å². The van der Waals surface area contributed by atoms with Crippen molar-refractivity contribution < 1.29 is 23.0 Å². The molecule has 20 heavy (non-hydrogen) atoms. The monoisotopic (exact) mass is 292 g/mol. The second-order valence-electron chi connectivity index (χ2n) is 6.88. The van der Waals surface area contributed by atoms with Crippen molar-refractivity contribution in [3.8, 4) is 0 Å². The van der Waals surface area contributed by atoms with Crippen LogP contribution in [0, 0.1) is 0 Å². The van der Waals surface area contributed by atoms with E-state index >= 15 is 0 Å². The summed E-state index contributed by atoms with van der Waals surface area (Å²) in [7, 11) is 0. The molecular formula is C13H22F2N2O3. The molecule has 116 valence electrons. The van der Waals surface area contributed by atoms with E-state index in [2.05, 4.69) is 5.32 Å². The Balaban J connectivity index is 2.09. The van der Waals surface area contributed by atoms with Gasteiger partial charge in [-0.3, -0.25) is 0 Å². The molecule has 1 amide bonds. The number of halogens is 2. The Kier molecular flexibility index (Phi) is 3.49. The van der Waals surface area contributed by atoms with E-state index in [1.54, 1.807) is 20.8 Å². The van der Waals surface area contributed by atoms with Crippen LogP contribution in [-0.2, 0) is 9.47 Å². The molecule has 0 aromatic heterocycles. The van der Waals surface area contributed by atoms with Crippen LogP contribution in [-0.4, -0.2) is 41.9 Å². The lowest BCUT2D eigenvalue weighted by Gasteiger charge is -2.54. The summed E-state index contributed by atoms with van der Waals surface area (Å²) >= 11 is 0. The SMILES string of the molecule is CC(C)(C)OC(=O)NC1(C2(N)CC(F)(F)C2)CCOC1. The highest BCUT2D eigenvalue weighted by Gasteiger charge is 2.65. The second kappa shape index (κ2) is 4.53. The lowest BCUT2D eigenvalue weighted by atomic mass is 9.61. The molecule has 2 aliphatic rings. The van der Waals surface area contributed by atoms with Crippen LogP contribution in [0.2, 0.25) is 0 Å². The number of alkyl halides is 2. The van der Waals surface area contributed by atoms with Gasteiger partial charge in [-0.25, -0.2) is 13.6 Å². The molecule has 3 N–H and O–H groups in total. The van der Waals surface area contributed by atoms with Gasteiger partial charge in [0.25, 0.3) is 5.92 Å². The lowest BCUT2D eigenvalue weighted by molar-refractivity contribution is -0.149. The van der Waals surface area contributed by atoms with E-state index in [9.17, 15) is 13.6 Å². The van der Waals surface area contributed by atoms with Gasteiger partial charge in [-0.2, -0.15) is 0 Å². The van der Waals surface area contributed by atoms with Crippen molar-refractivity contribution in [3.63, 3.8) is 0 Å². The van der Waals surface area contributed by atoms with E-state index in [4.69, 9.17) is 15.2 Å². The van der Waals surface area contributed by atoms with Crippen molar-refractivity contribution in [2.75, 3.05) is 13.2 Å². The first-order chi connectivity index (χ1) is 8.97. The molecular weight excluding hydrogens is 270 g/mol. The third kappa shape index (κ3) is 2.88. The summed E-state index contributed by atoms with van der Waals surface area (Å²) in [4.78, 5) is 11.9. The van der Waals surface area contributed by atoms with Crippen LogP contribution in [0.5, 0.6) is 0 Å². The van der Waals surface area contributed by atoms with Crippen molar-refractivity contribution in [2.24, 2.45) is 5.73 Å². The Morgan fingerprint density at radius 1 is 1.35 bits per heavy atom. The first kappa shape index (κ1) is 15.4. The number of nitrogens with two attached hydrogens (primary N) is 1. The zero-order valence-corrected chi connectivity index (χ0v) is 12.1. The van der Waals surface area contributed by atoms with Gasteiger partial charge in [-0.15, -0.1) is 0 Å². The summed E-state index contributed by atoms with van der Waals surface area (Å²) in [5.41, 5.74) is 3.32. The van der Waals surface area contributed by atoms with Gasteiger partial charge in [0, 0.05) is 19.4 Å². The molecule has 1 heterocycles. The number of nitrogens with one attached hydrogen (secondary N) is 1. The lowest BCUT2D eigenvalue weighted by Crippen LogP contribution is -2.76. The van der Waals surface area contributed by atoms with Gasteiger partial charge in [0.05, 0.1) is 17.7 Å².